The molecule has 3 aromatic rings. The largest absolute Gasteiger partial charge is 0.393 e. The Morgan fingerprint density at radius 3 is 2.78 bits per heavy atom. The highest BCUT2D eigenvalue weighted by molar-refractivity contribution is 7.22. The fourth-order valence-electron chi connectivity index (χ4n) is 3.69. The van der Waals surface area contributed by atoms with Crippen molar-refractivity contribution in [3.8, 4) is 0 Å². The number of alkyl halides is 1. The molecular formula is C21H21ClF2N4O3S. The van der Waals surface area contributed by atoms with Crippen LogP contribution in [0.1, 0.15) is 30.2 Å². The normalized spacial score (nSPS) is 17.4. The van der Waals surface area contributed by atoms with Crippen LogP contribution in [0.25, 0.3) is 10.2 Å². The number of carbonyl (C=O) groups is 1. The molecule has 1 fully saturated rings. The maximum atomic E-state index is 15.6. The number of halogens is 3. The van der Waals surface area contributed by atoms with Gasteiger partial charge in [-0.2, -0.15) is 0 Å². The number of anilines is 1. The third-order valence-corrected chi connectivity index (χ3v) is 6.68. The Kier molecular flexibility index (Phi) is 6.68. The van der Waals surface area contributed by atoms with Crippen LogP contribution in [0.3, 0.4) is 0 Å². The molecule has 0 unspecified atom stereocenters. The van der Waals surface area contributed by atoms with Crippen molar-refractivity contribution in [2.75, 3.05) is 31.6 Å². The van der Waals surface area contributed by atoms with E-state index in [1.165, 1.54) is 35.7 Å². The summed E-state index contributed by atoms with van der Waals surface area (Å²) in [5.74, 6) is -0.648. The first kappa shape index (κ1) is 22.9. The Balaban J connectivity index is 1.35. The summed E-state index contributed by atoms with van der Waals surface area (Å²) >= 11 is 7.39. The van der Waals surface area contributed by atoms with Gasteiger partial charge in [-0.05, 0) is 37.1 Å². The average Bonchev–Trinajstić information content (AvgIpc) is 3.15. The number of amides is 1. The Hall–Kier alpha value is -2.24. The smallest absolute Gasteiger partial charge is 0.240 e. The number of benzene rings is 1. The highest BCUT2D eigenvalue weighted by Crippen LogP contribution is 2.39. The first-order valence-electron chi connectivity index (χ1n) is 9.99. The van der Waals surface area contributed by atoms with Crippen molar-refractivity contribution in [1.29, 1.82) is 0 Å². The second-order valence-corrected chi connectivity index (χ2v) is 9.16. The highest BCUT2D eigenvalue weighted by atomic mass is 35.5. The van der Waals surface area contributed by atoms with E-state index < -0.39 is 18.4 Å². The number of rotatable bonds is 6. The van der Waals surface area contributed by atoms with Gasteiger partial charge in [-0.15, -0.1) is 0 Å². The van der Waals surface area contributed by atoms with Crippen LogP contribution >= 0.6 is 22.9 Å². The molecule has 1 aromatic carbocycles. The Morgan fingerprint density at radius 2 is 2.09 bits per heavy atom. The quantitative estimate of drug-likeness (QED) is 0.498. The van der Waals surface area contributed by atoms with Gasteiger partial charge in [0.05, 0.1) is 34.1 Å². The Morgan fingerprint density at radius 1 is 1.34 bits per heavy atom. The topological polar surface area (TPSA) is 98.6 Å². The van der Waals surface area contributed by atoms with E-state index in [4.69, 9.17) is 16.7 Å². The van der Waals surface area contributed by atoms with Crippen LogP contribution in [0, 0.1) is 5.82 Å². The summed E-state index contributed by atoms with van der Waals surface area (Å²) in [6.07, 6.45) is 0.400. The van der Waals surface area contributed by atoms with Crippen LogP contribution < -0.4 is 5.32 Å². The molecule has 3 heterocycles. The molecule has 11 heteroatoms. The van der Waals surface area contributed by atoms with E-state index in [0.29, 0.717) is 34.0 Å². The predicted molar refractivity (Wildman–Crippen MR) is 118 cm³/mol. The van der Waals surface area contributed by atoms with Crippen molar-refractivity contribution in [2.45, 2.75) is 24.6 Å². The van der Waals surface area contributed by atoms with E-state index in [9.17, 15) is 14.3 Å². The van der Waals surface area contributed by atoms with Crippen molar-refractivity contribution in [1.82, 2.24) is 14.9 Å². The summed E-state index contributed by atoms with van der Waals surface area (Å²) in [5, 5.41) is 21.9. The van der Waals surface area contributed by atoms with E-state index in [1.807, 2.05) is 4.90 Å². The number of carbonyl (C=O) groups excluding carboxylic acids is 1. The summed E-state index contributed by atoms with van der Waals surface area (Å²) in [4.78, 5) is 22.6. The van der Waals surface area contributed by atoms with Crippen LogP contribution in [0.2, 0.25) is 5.02 Å². The molecule has 1 saturated heterocycles. The number of aliphatic hydroxyl groups is 2. The highest BCUT2D eigenvalue weighted by Gasteiger charge is 2.39. The van der Waals surface area contributed by atoms with Gasteiger partial charge in [0.15, 0.2) is 10.8 Å². The minimum atomic E-state index is -1.75. The fraction of sp³-hybridized carbons (Fsp3) is 0.381. The minimum Gasteiger partial charge on any atom is -0.393 e. The first-order chi connectivity index (χ1) is 15.3. The van der Waals surface area contributed by atoms with Gasteiger partial charge < -0.3 is 15.5 Å². The molecule has 170 valence electrons. The summed E-state index contributed by atoms with van der Waals surface area (Å²) in [6, 6.07) is 5.65. The van der Waals surface area contributed by atoms with Crippen LogP contribution in [0.4, 0.5) is 13.9 Å². The number of aromatic nitrogens is 2. The molecule has 3 N–H and O–H groups in total. The van der Waals surface area contributed by atoms with Crippen molar-refractivity contribution in [3.05, 3.63) is 52.6 Å². The van der Waals surface area contributed by atoms with Crippen molar-refractivity contribution in [3.63, 3.8) is 0 Å². The molecule has 0 aliphatic carbocycles. The predicted octanol–water partition coefficient (Wildman–Crippen LogP) is 3.41. The van der Waals surface area contributed by atoms with Gasteiger partial charge >= 0.3 is 0 Å². The zero-order valence-corrected chi connectivity index (χ0v) is 18.5. The fourth-order valence-corrected chi connectivity index (χ4v) is 4.94. The maximum Gasteiger partial charge on any atom is 0.240 e. The maximum absolute atomic E-state index is 15.6. The molecule has 4 rings (SSSR count). The van der Waals surface area contributed by atoms with Crippen LogP contribution in [0.15, 0.2) is 30.5 Å². The second kappa shape index (κ2) is 9.32. The van der Waals surface area contributed by atoms with Gasteiger partial charge in [-0.1, -0.05) is 22.9 Å². The lowest BCUT2D eigenvalue weighted by atomic mass is 9.89. The molecule has 0 bridgehead atoms. The van der Waals surface area contributed by atoms with Crippen molar-refractivity contribution < 1.29 is 23.8 Å². The lowest BCUT2D eigenvalue weighted by molar-refractivity contribution is -0.118. The number of likely N-dealkylation sites (tertiary alicyclic amines) is 1. The number of hydrogen-bond acceptors (Lipinski definition) is 7. The van der Waals surface area contributed by atoms with Crippen LogP contribution in [-0.2, 0) is 10.5 Å². The molecule has 0 radical (unpaired) electrons. The number of piperidine rings is 1. The first-order valence-corrected chi connectivity index (χ1v) is 11.2. The van der Waals surface area contributed by atoms with Gasteiger partial charge in [0, 0.05) is 24.8 Å². The molecule has 0 spiro atoms. The Labute approximate surface area is 191 Å². The molecule has 1 aliphatic rings. The molecule has 0 saturated carbocycles. The van der Waals surface area contributed by atoms with E-state index >= 15 is 4.39 Å². The summed E-state index contributed by atoms with van der Waals surface area (Å²) in [5.41, 5.74) is -0.728. The van der Waals surface area contributed by atoms with Gasteiger partial charge in [0.2, 0.25) is 5.91 Å². The van der Waals surface area contributed by atoms with Gasteiger partial charge in [-0.3, -0.25) is 14.7 Å². The second-order valence-electron chi connectivity index (χ2n) is 7.72. The van der Waals surface area contributed by atoms with E-state index in [-0.39, 0.29) is 41.8 Å². The molecule has 32 heavy (non-hydrogen) atoms. The number of thiazole rings is 1. The average molecular weight is 483 g/mol. The van der Waals surface area contributed by atoms with Gasteiger partial charge in [0.1, 0.15) is 11.9 Å². The SMILES string of the molecule is O=C(CN1CCC(F)(c2ncc([C@H](O)CO)cc2Cl)CC1)Nc1nc2ccc(F)cc2s1. The summed E-state index contributed by atoms with van der Waals surface area (Å²) in [6.45, 7) is 0.244. The van der Waals surface area contributed by atoms with Crippen LogP contribution in [-0.4, -0.2) is 57.2 Å². The summed E-state index contributed by atoms with van der Waals surface area (Å²) < 4.78 is 29.5. The third kappa shape index (κ3) is 4.89. The Bertz CT molecular complexity index is 1140. The number of aliphatic hydroxyl groups excluding tert-OH is 2. The number of nitrogens with one attached hydrogen (secondary N) is 1. The molecule has 1 amide bonds. The van der Waals surface area contributed by atoms with E-state index in [0.717, 1.165) is 0 Å². The molecule has 2 aromatic heterocycles. The van der Waals surface area contributed by atoms with Crippen molar-refractivity contribution >= 4 is 44.2 Å². The lowest BCUT2D eigenvalue weighted by Crippen LogP contribution is -2.44. The monoisotopic (exact) mass is 482 g/mol. The van der Waals surface area contributed by atoms with E-state index in [2.05, 4.69) is 15.3 Å². The minimum absolute atomic E-state index is 0.0726. The van der Waals surface area contributed by atoms with Crippen LogP contribution in [0.5, 0.6) is 0 Å². The molecule has 7 nitrogen and oxygen atoms in total. The lowest BCUT2D eigenvalue weighted by Gasteiger charge is -2.36. The molecule has 1 atom stereocenters. The van der Waals surface area contributed by atoms with E-state index in [1.54, 1.807) is 6.07 Å². The number of hydrogen-bond donors (Lipinski definition) is 3. The molecular weight excluding hydrogens is 462 g/mol. The third-order valence-electron chi connectivity index (χ3n) is 5.46. The summed E-state index contributed by atoms with van der Waals surface area (Å²) in [7, 11) is 0. The van der Waals surface area contributed by atoms with Crippen molar-refractivity contribution in [2.24, 2.45) is 0 Å². The standard InChI is InChI=1S/C21H21ClF2N4O3S/c22-14-7-12(16(30)11-29)9-25-19(14)21(24)3-5-28(6-4-21)10-18(31)27-20-26-15-2-1-13(23)8-17(15)32-20/h1-2,7-9,16,29-30H,3-6,10-11H2,(H,26,27,31)/t16-/m1/s1. The van der Waals surface area contributed by atoms with Gasteiger partial charge in [-0.25, -0.2) is 13.8 Å². The number of pyridine rings is 1. The zero-order valence-electron chi connectivity index (χ0n) is 16.9. The zero-order chi connectivity index (χ0) is 22.9. The molecule has 1 aliphatic heterocycles. The van der Waals surface area contributed by atoms with Gasteiger partial charge in [0.25, 0.3) is 0 Å². The number of nitrogens with zero attached hydrogens (tertiary/aromatic N) is 3. The number of fused-ring (bicyclic) bond motifs is 1.